The SMILES string of the molecule is Cc1cccc(Oc2ccc(OCCN)c(Cl)c2)c1. The maximum absolute atomic E-state index is 6.12. The molecule has 0 bridgehead atoms. The Morgan fingerprint density at radius 3 is 2.58 bits per heavy atom. The average Bonchev–Trinajstić information content (AvgIpc) is 2.38. The van der Waals surface area contributed by atoms with Crippen molar-refractivity contribution in [2.75, 3.05) is 13.2 Å². The standard InChI is InChI=1S/C15H16ClNO2/c1-11-3-2-4-12(9-11)19-13-5-6-15(14(16)10-13)18-8-7-17/h2-6,9-10H,7-8,17H2,1H3. The second kappa shape index (κ2) is 6.45. The minimum Gasteiger partial charge on any atom is -0.491 e. The minimum atomic E-state index is 0.442. The van der Waals surface area contributed by atoms with Gasteiger partial charge in [0.15, 0.2) is 0 Å². The van der Waals surface area contributed by atoms with Crippen molar-refractivity contribution in [3.8, 4) is 17.2 Å². The first-order valence-electron chi connectivity index (χ1n) is 6.06. The molecule has 2 aromatic rings. The van der Waals surface area contributed by atoms with Gasteiger partial charge >= 0.3 is 0 Å². The van der Waals surface area contributed by atoms with E-state index in [4.69, 9.17) is 26.8 Å². The van der Waals surface area contributed by atoms with Crippen LogP contribution in [0.4, 0.5) is 0 Å². The number of nitrogens with two attached hydrogens (primary N) is 1. The van der Waals surface area contributed by atoms with Crippen molar-refractivity contribution in [3.05, 3.63) is 53.1 Å². The van der Waals surface area contributed by atoms with Crippen molar-refractivity contribution in [2.24, 2.45) is 5.73 Å². The number of rotatable bonds is 5. The van der Waals surface area contributed by atoms with Crippen LogP contribution >= 0.6 is 11.6 Å². The van der Waals surface area contributed by atoms with Crippen molar-refractivity contribution < 1.29 is 9.47 Å². The lowest BCUT2D eigenvalue weighted by Crippen LogP contribution is -2.10. The van der Waals surface area contributed by atoms with E-state index in [9.17, 15) is 0 Å². The van der Waals surface area contributed by atoms with E-state index in [0.717, 1.165) is 11.3 Å². The van der Waals surface area contributed by atoms with E-state index in [2.05, 4.69) is 0 Å². The first-order valence-corrected chi connectivity index (χ1v) is 6.44. The van der Waals surface area contributed by atoms with Crippen molar-refractivity contribution in [2.45, 2.75) is 6.92 Å². The topological polar surface area (TPSA) is 44.5 Å². The molecule has 3 nitrogen and oxygen atoms in total. The molecule has 0 aliphatic carbocycles. The Labute approximate surface area is 117 Å². The number of benzene rings is 2. The second-order valence-corrected chi connectivity index (χ2v) is 4.56. The molecule has 0 aliphatic rings. The van der Waals surface area contributed by atoms with Gasteiger partial charge in [0.1, 0.15) is 23.9 Å². The summed E-state index contributed by atoms with van der Waals surface area (Å²) in [6.45, 7) is 2.92. The summed E-state index contributed by atoms with van der Waals surface area (Å²) in [5.74, 6) is 2.08. The fourth-order valence-corrected chi connectivity index (χ4v) is 1.87. The van der Waals surface area contributed by atoms with E-state index in [1.807, 2.05) is 37.3 Å². The zero-order chi connectivity index (χ0) is 13.7. The Morgan fingerprint density at radius 1 is 1.11 bits per heavy atom. The first kappa shape index (κ1) is 13.7. The predicted molar refractivity (Wildman–Crippen MR) is 77.3 cm³/mol. The zero-order valence-corrected chi connectivity index (χ0v) is 11.5. The molecule has 0 aromatic heterocycles. The van der Waals surface area contributed by atoms with E-state index < -0.39 is 0 Å². The van der Waals surface area contributed by atoms with Crippen molar-refractivity contribution in [3.63, 3.8) is 0 Å². The molecule has 0 saturated heterocycles. The third-order valence-electron chi connectivity index (χ3n) is 2.50. The number of hydrogen-bond acceptors (Lipinski definition) is 3. The highest BCUT2D eigenvalue weighted by Crippen LogP contribution is 2.31. The predicted octanol–water partition coefficient (Wildman–Crippen LogP) is 3.78. The van der Waals surface area contributed by atoms with Gasteiger partial charge in [-0.1, -0.05) is 23.7 Å². The maximum Gasteiger partial charge on any atom is 0.138 e. The monoisotopic (exact) mass is 277 g/mol. The van der Waals surface area contributed by atoms with Crippen LogP contribution in [0.25, 0.3) is 0 Å². The third kappa shape index (κ3) is 3.88. The van der Waals surface area contributed by atoms with Gasteiger partial charge in [-0.15, -0.1) is 0 Å². The molecule has 0 radical (unpaired) electrons. The Hall–Kier alpha value is -1.71. The van der Waals surface area contributed by atoms with Gasteiger partial charge in [-0.25, -0.2) is 0 Å². The molecule has 0 heterocycles. The van der Waals surface area contributed by atoms with Crippen LogP contribution < -0.4 is 15.2 Å². The summed E-state index contributed by atoms with van der Waals surface area (Å²) in [7, 11) is 0. The van der Waals surface area contributed by atoms with Crippen molar-refractivity contribution in [1.82, 2.24) is 0 Å². The summed E-state index contributed by atoms with van der Waals surface area (Å²) >= 11 is 6.12. The van der Waals surface area contributed by atoms with Gasteiger partial charge in [0.2, 0.25) is 0 Å². The molecular formula is C15H16ClNO2. The molecule has 2 N–H and O–H groups in total. The number of aryl methyl sites for hydroxylation is 1. The normalized spacial score (nSPS) is 10.3. The Bertz CT molecular complexity index is 558. The fourth-order valence-electron chi connectivity index (χ4n) is 1.65. The smallest absolute Gasteiger partial charge is 0.138 e. The van der Waals surface area contributed by atoms with Gasteiger partial charge in [0.05, 0.1) is 5.02 Å². The van der Waals surface area contributed by atoms with E-state index in [-0.39, 0.29) is 0 Å². The van der Waals surface area contributed by atoms with Crippen LogP contribution in [0.1, 0.15) is 5.56 Å². The largest absolute Gasteiger partial charge is 0.491 e. The maximum atomic E-state index is 6.12. The molecule has 0 fully saturated rings. The van der Waals surface area contributed by atoms with Crippen molar-refractivity contribution in [1.29, 1.82) is 0 Å². The van der Waals surface area contributed by atoms with Crippen LogP contribution in [0.5, 0.6) is 17.2 Å². The lowest BCUT2D eigenvalue weighted by Gasteiger charge is -2.10. The lowest BCUT2D eigenvalue weighted by atomic mass is 10.2. The van der Waals surface area contributed by atoms with Crippen LogP contribution in [0.2, 0.25) is 5.02 Å². The fraction of sp³-hybridized carbons (Fsp3) is 0.200. The summed E-state index contributed by atoms with van der Waals surface area (Å²) in [5, 5.41) is 0.513. The molecule has 100 valence electrons. The van der Waals surface area contributed by atoms with Crippen LogP contribution in [0.3, 0.4) is 0 Å². The molecule has 0 spiro atoms. The molecule has 19 heavy (non-hydrogen) atoms. The van der Waals surface area contributed by atoms with Crippen LogP contribution in [-0.4, -0.2) is 13.2 Å². The Kier molecular flexibility index (Phi) is 4.66. The van der Waals surface area contributed by atoms with Gasteiger partial charge in [-0.05, 0) is 36.8 Å². The molecule has 4 heteroatoms. The van der Waals surface area contributed by atoms with Gasteiger partial charge in [0, 0.05) is 12.6 Å². The summed E-state index contributed by atoms with van der Waals surface area (Å²) in [5.41, 5.74) is 6.52. The van der Waals surface area contributed by atoms with Gasteiger partial charge < -0.3 is 15.2 Å². The molecule has 0 amide bonds. The molecule has 0 unspecified atom stereocenters. The van der Waals surface area contributed by atoms with Gasteiger partial charge in [0.25, 0.3) is 0 Å². The summed E-state index contributed by atoms with van der Waals surface area (Å²) in [4.78, 5) is 0. The molecule has 2 rings (SSSR count). The molecule has 2 aromatic carbocycles. The average molecular weight is 278 g/mol. The summed E-state index contributed by atoms with van der Waals surface area (Å²) < 4.78 is 11.1. The molecule has 0 aliphatic heterocycles. The van der Waals surface area contributed by atoms with Gasteiger partial charge in [-0.2, -0.15) is 0 Å². The highest BCUT2D eigenvalue weighted by atomic mass is 35.5. The minimum absolute atomic E-state index is 0.442. The highest BCUT2D eigenvalue weighted by Gasteiger charge is 2.04. The van der Waals surface area contributed by atoms with Crippen molar-refractivity contribution >= 4 is 11.6 Å². The van der Waals surface area contributed by atoms with E-state index in [0.29, 0.717) is 29.7 Å². The van der Waals surface area contributed by atoms with E-state index in [1.165, 1.54) is 0 Å². The lowest BCUT2D eigenvalue weighted by molar-refractivity contribution is 0.328. The number of ether oxygens (including phenoxy) is 2. The Morgan fingerprint density at radius 2 is 1.89 bits per heavy atom. The van der Waals surface area contributed by atoms with Gasteiger partial charge in [-0.3, -0.25) is 0 Å². The van der Waals surface area contributed by atoms with E-state index in [1.54, 1.807) is 12.1 Å². The summed E-state index contributed by atoms with van der Waals surface area (Å²) in [6, 6.07) is 13.2. The second-order valence-electron chi connectivity index (χ2n) is 4.15. The molecule has 0 saturated carbocycles. The highest BCUT2D eigenvalue weighted by molar-refractivity contribution is 6.32. The third-order valence-corrected chi connectivity index (χ3v) is 2.80. The van der Waals surface area contributed by atoms with Crippen LogP contribution in [-0.2, 0) is 0 Å². The number of halogens is 1. The Balaban J connectivity index is 2.11. The zero-order valence-electron chi connectivity index (χ0n) is 10.7. The summed E-state index contributed by atoms with van der Waals surface area (Å²) in [6.07, 6.45) is 0. The first-order chi connectivity index (χ1) is 9.19. The van der Waals surface area contributed by atoms with E-state index >= 15 is 0 Å². The quantitative estimate of drug-likeness (QED) is 0.904. The van der Waals surface area contributed by atoms with Crippen LogP contribution in [0.15, 0.2) is 42.5 Å². The molecular weight excluding hydrogens is 262 g/mol. The number of hydrogen-bond donors (Lipinski definition) is 1. The van der Waals surface area contributed by atoms with Crippen LogP contribution in [0, 0.1) is 6.92 Å². The molecule has 0 atom stereocenters.